The lowest BCUT2D eigenvalue weighted by molar-refractivity contribution is 0.628. The number of halogens is 1. The van der Waals surface area contributed by atoms with E-state index in [0.717, 1.165) is 10.8 Å². The summed E-state index contributed by atoms with van der Waals surface area (Å²) in [6.07, 6.45) is 1.59. The number of rotatable bonds is 2. The largest absolute Gasteiger partial charge is 0.389 e. The summed E-state index contributed by atoms with van der Waals surface area (Å²) in [6.45, 7) is 0. The quantitative estimate of drug-likeness (QED) is 0.851. The highest BCUT2D eigenvalue weighted by atomic mass is 32.1. The van der Waals surface area contributed by atoms with E-state index in [0.29, 0.717) is 5.00 Å². The van der Waals surface area contributed by atoms with Crippen molar-refractivity contribution >= 4 is 27.2 Å². The normalized spacial score (nSPS) is 10.3. The molecule has 0 aliphatic carbocycles. The van der Waals surface area contributed by atoms with E-state index < -0.39 is 0 Å². The number of benzene rings is 1. The summed E-state index contributed by atoms with van der Waals surface area (Å²) < 4.78 is 13.0. The minimum atomic E-state index is -0.260. The van der Waals surface area contributed by atoms with Crippen molar-refractivity contribution in [3.8, 4) is 0 Å². The molecular weight excluding hydrogens is 213 g/mol. The van der Waals surface area contributed by atoms with Crippen molar-refractivity contribution in [3.63, 3.8) is 0 Å². The molecule has 0 fully saturated rings. The van der Waals surface area contributed by atoms with Crippen LogP contribution in [0.3, 0.4) is 0 Å². The minimum Gasteiger partial charge on any atom is -0.389 e. The Morgan fingerprint density at radius 1 is 1.47 bits per heavy atom. The van der Waals surface area contributed by atoms with Crippen LogP contribution in [0.5, 0.6) is 0 Å². The maximum absolute atomic E-state index is 13.0. The smallest absolute Gasteiger partial charge is 0.191 e. The van der Waals surface area contributed by atoms with Gasteiger partial charge >= 0.3 is 0 Å². The van der Waals surface area contributed by atoms with Crippen molar-refractivity contribution in [1.82, 2.24) is 4.98 Å². The van der Waals surface area contributed by atoms with Crippen LogP contribution in [-0.4, -0.2) is 12.0 Å². The average molecular weight is 223 g/mol. The average Bonchev–Trinajstić information content (AvgIpc) is 2.64. The van der Waals surface area contributed by atoms with Gasteiger partial charge in [0.15, 0.2) is 5.13 Å². The van der Waals surface area contributed by atoms with Gasteiger partial charge in [0.05, 0.1) is 6.20 Å². The molecule has 0 atom stereocenters. The molecule has 78 valence electrons. The molecule has 2 N–H and O–H groups in total. The molecule has 0 saturated carbocycles. The predicted octanol–water partition coefficient (Wildman–Crippen LogP) is 2.63. The first kappa shape index (κ1) is 9.92. The molecular formula is C10H10FN3S. The Bertz CT molecular complexity index is 469. The van der Waals surface area contributed by atoms with Crippen molar-refractivity contribution < 1.29 is 4.39 Å². The second-order valence-corrected chi connectivity index (χ2v) is 4.12. The Balaban J connectivity index is 2.32. The van der Waals surface area contributed by atoms with Crippen LogP contribution in [0.1, 0.15) is 0 Å². The van der Waals surface area contributed by atoms with E-state index in [4.69, 9.17) is 5.73 Å². The molecule has 0 bridgehead atoms. The first-order valence-electron chi connectivity index (χ1n) is 4.37. The number of hydrogen-bond donors (Lipinski definition) is 1. The monoisotopic (exact) mass is 223 g/mol. The molecule has 2 rings (SSSR count). The number of thiazole rings is 1. The van der Waals surface area contributed by atoms with Gasteiger partial charge in [-0.25, -0.2) is 9.37 Å². The number of nitrogen functional groups attached to an aromatic ring is 1. The zero-order valence-electron chi connectivity index (χ0n) is 8.14. The molecule has 3 nitrogen and oxygen atoms in total. The second-order valence-electron chi connectivity index (χ2n) is 3.08. The summed E-state index contributed by atoms with van der Waals surface area (Å²) in [4.78, 5) is 5.91. The molecule has 0 unspecified atom stereocenters. The first-order chi connectivity index (χ1) is 7.16. The fourth-order valence-corrected chi connectivity index (χ4v) is 1.89. The van der Waals surface area contributed by atoms with Crippen LogP contribution in [-0.2, 0) is 0 Å². The predicted molar refractivity (Wildman–Crippen MR) is 61.0 cm³/mol. The molecule has 2 aromatic rings. The van der Waals surface area contributed by atoms with E-state index in [1.165, 1.54) is 23.5 Å². The summed E-state index contributed by atoms with van der Waals surface area (Å²) >= 11 is 1.37. The Morgan fingerprint density at radius 2 is 2.27 bits per heavy atom. The van der Waals surface area contributed by atoms with Gasteiger partial charge in [-0.3, -0.25) is 0 Å². The highest BCUT2D eigenvalue weighted by Crippen LogP contribution is 2.29. The zero-order valence-corrected chi connectivity index (χ0v) is 8.96. The molecule has 0 aliphatic rings. The molecule has 1 aromatic carbocycles. The van der Waals surface area contributed by atoms with Crippen molar-refractivity contribution in [3.05, 3.63) is 36.3 Å². The van der Waals surface area contributed by atoms with Gasteiger partial charge in [-0.1, -0.05) is 17.4 Å². The summed E-state index contributed by atoms with van der Waals surface area (Å²) in [5, 5.41) is 1.39. The Morgan fingerprint density at radius 3 is 2.87 bits per heavy atom. The van der Waals surface area contributed by atoms with Crippen LogP contribution in [0, 0.1) is 5.82 Å². The third-order valence-corrected chi connectivity index (χ3v) is 2.90. The number of anilines is 3. The maximum Gasteiger partial charge on any atom is 0.191 e. The molecule has 0 aliphatic heterocycles. The van der Waals surface area contributed by atoms with Crippen LogP contribution < -0.4 is 10.6 Å². The lowest BCUT2D eigenvalue weighted by atomic mass is 10.3. The van der Waals surface area contributed by atoms with Crippen molar-refractivity contribution in [1.29, 1.82) is 0 Å². The second kappa shape index (κ2) is 3.86. The van der Waals surface area contributed by atoms with Gasteiger partial charge in [0.2, 0.25) is 0 Å². The maximum atomic E-state index is 13.0. The molecule has 0 spiro atoms. The van der Waals surface area contributed by atoms with Crippen molar-refractivity contribution in [2.75, 3.05) is 17.7 Å². The summed E-state index contributed by atoms with van der Waals surface area (Å²) in [7, 11) is 1.83. The van der Waals surface area contributed by atoms with Crippen molar-refractivity contribution in [2.24, 2.45) is 0 Å². The summed E-state index contributed by atoms with van der Waals surface area (Å²) in [5.41, 5.74) is 6.33. The van der Waals surface area contributed by atoms with Gasteiger partial charge in [0, 0.05) is 12.7 Å². The van der Waals surface area contributed by atoms with Crippen LogP contribution in [0.4, 0.5) is 20.2 Å². The third-order valence-electron chi connectivity index (χ3n) is 1.99. The first-order valence-corrected chi connectivity index (χ1v) is 5.19. The molecule has 1 aromatic heterocycles. The van der Waals surface area contributed by atoms with E-state index in [2.05, 4.69) is 4.98 Å². The molecule has 1 heterocycles. The Labute approximate surface area is 91.0 Å². The highest BCUT2D eigenvalue weighted by molar-refractivity contribution is 7.19. The molecule has 0 amide bonds. The van der Waals surface area contributed by atoms with Gasteiger partial charge in [0.25, 0.3) is 0 Å². The molecule has 0 radical (unpaired) electrons. The van der Waals surface area contributed by atoms with E-state index >= 15 is 0 Å². The molecule has 5 heteroatoms. The van der Waals surface area contributed by atoms with Crippen LogP contribution in [0.2, 0.25) is 0 Å². The number of nitrogens with zero attached hydrogens (tertiary/aromatic N) is 2. The number of nitrogens with two attached hydrogens (primary N) is 1. The van der Waals surface area contributed by atoms with E-state index in [9.17, 15) is 4.39 Å². The topological polar surface area (TPSA) is 42.2 Å². The van der Waals surface area contributed by atoms with Gasteiger partial charge in [0.1, 0.15) is 10.8 Å². The zero-order chi connectivity index (χ0) is 10.8. The SMILES string of the molecule is CN(c1cccc(F)c1)c1ncc(N)s1. The number of aromatic nitrogens is 1. The standard InChI is InChI=1S/C10H10FN3S/c1-14(10-13-6-9(12)15-10)8-4-2-3-7(11)5-8/h2-6H,12H2,1H3. The van der Waals surface area contributed by atoms with Gasteiger partial charge in [-0.15, -0.1) is 0 Å². The van der Waals surface area contributed by atoms with Crippen LogP contribution in [0.15, 0.2) is 30.5 Å². The van der Waals surface area contributed by atoms with Gasteiger partial charge in [-0.05, 0) is 18.2 Å². The van der Waals surface area contributed by atoms with Crippen LogP contribution in [0.25, 0.3) is 0 Å². The van der Waals surface area contributed by atoms with E-state index in [1.54, 1.807) is 17.2 Å². The fourth-order valence-electron chi connectivity index (χ4n) is 1.23. The number of hydrogen-bond acceptors (Lipinski definition) is 4. The van der Waals surface area contributed by atoms with Gasteiger partial charge < -0.3 is 10.6 Å². The van der Waals surface area contributed by atoms with E-state index in [1.807, 2.05) is 13.1 Å². The molecule has 15 heavy (non-hydrogen) atoms. The highest BCUT2D eigenvalue weighted by Gasteiger charge is 2.08. The van der Waals surface area contributed by atoms with Crippen molar-refractivity contribution in [2.45, 2.75) is 0 Å². The van der Waals surface area contributed by atoms with Crippen LogP contribution >= 0.6 is 11.3 Å². The lowest BCUT2D eigenvalue weighted by Gasteiger charge is -2.15. The van der Waals surface area contributed by atoms with Gasteiger partial charge in [-0.2, -0.15) is 0 Å². The van der Waals surface area contributed by atoms with E-state index in [-0.39, 0.29) is 5.82 Å². The summed E-state index contributed by atoms with van der Waals surface area (Å²) in [6, 6.07) is 6.35. The minimum absolute atomic E-state index is 0.260. The fraction of sp³-hybridized carbons (Fsp3) is 0.100. The Hall–Kier alpha value is -1.62. The summed E-state index contributed by atoms with van der Waals surface area (Å²) in [5.74, 6) is -0.260. The Kier molecular flexibility index (Phi) is 2.55. The lowest BCUT2D eigenvalue weighted by Crippen LogP contribution is -2.08. The third kappa shape index (κ3) is 2.07. The molecule has 0 saturated heterocycles.